The molecule has 0 aliphatic rings. The van der Waals surface area contributed by atoms with Gasteiger partial charge in [0.05, 0.1) is 17.7 Å². The normalized spacial score (nSPS) is 11.5. The number of ether oxygens (including phenoxy) is 1. The minimum Gasteiger partial charge on any atom is -0.497 e. The summed E-state index contributed by atoms with van der Waals surface area (Å²) < 4.78 is 34.2. The van der Waals surface area contributed by atoms with Crippen molar-refractivity contribution >= 4 is 15.7 Å². The highest BCUT2D eigenvalue weighted by molar-refractivity contribution is 7.92. The van der Waals surface area contributed by atoms with E-state index in [9.17, 15) is 8.42 Å². The molecule has 0 saturated carbocycles. The molecule has 3 aromatic rings. The van der Waals surface area contributed by atoms with Gasteiger partial charge in [0, 0.05) is 12.1 Å². The second-order valence-electron chi connectivity index (χ2n) is 7.30. The molecule has 0 aliphatic heterocycles. The monoisotopic (exact) mass is 424 g/mol. The van der Waals surface area contributed by atoms with Crippen molar-refractivity contribution in [2.45, 2.75) is 11.3 Å². The third kappa shape index (κ3) is 5.01. The minimum absolute atomic E-state index is 0.282. The standard InChI is InChI=1S/C24H28N2O3S/c1-25(2)17-10-18-26(30(27,28)22-13-8-5-9-14-22)24-16-15-21(29-3)19-23(24)20-11-6-4-7-12-20/h4-9,11-16,19H,10,17-18H2,1-3H3. The molecule has 0 N–H and O–H groups in total. The van der Waals surface area contributed by atoms with E-state index in [4.69, 9.17) is 4.74 Å². The first kappa shape index (κ1) is 21.9. The summed E-state index contributed by atoms with van der Waals surface area (Å²) in [6.45, 7) is 1.17. The molecule has 0 bridgehead atoms. The Morgan fingerprint density at radius 1 is 0.833 bits per heavy atom. The van der Waals surface area contributed by atoms with Gasteiger partial charge in [-0.1, -0.05) is 48.5 Å². The highest BCUT2D eigenvalue weighted by atomic mass is 32.2. The van der Waals surface area contributed by atoms with Gasteiger partial charge in [0.15, 0.2) is 0 Å². The number of benzene rings is 3. The van der Waals surface area contributed by atoms with Crippen LogP contribution in [0.2, 0.25) is 0 Å². The van der Waals surface area contributed by atoms with Crippen LogP contribution in [0.25, 0.3) is 11.1 Å². The van der Waals surface area contributed by atoms with Crippen molar-refractivity contribution in [3.63, 3.8) is 0 Å². The summed E-state index contributed by atoms with van der Waals surface area (Å²) in [6.07, 6.45) is 0.708. The van der Waals surface area contributed by atoms with Crippen LogP contribution in [0, 0.1) is 0 Å². The molecule has 0 heterocycles. The molecular weight excluding hydrogens is 396 g/mol. The van der Waals surface area contributed by atoms with Crippen molar-refractivity contribution in [2.24, 2.45) is 0 Å². The Hall–Kier alpha value is -2.83. The topological polar surface area (TPSA) is 49.9 Å². The Morgan fingerprint density at radius 3 is 2.07 bits per heavy atom. The molecule has 30 heavy (non-hydrogen) atoms. The molecule has 0 aromatic heterocycles. The molecule has 0 saturated heterocycles. The molecule has 0 amide bonds. The maximum atomic E-state index is 13.6. The number of methoxy groups -OCH3 is 1. The molecule has 0 radical (unpaired) electrons. The number of hydrogen-bond acceptors (Lipinski definition) is 4. The summed E-state index contributed by atoms with van der Waals surface area (Å²) in [5.74, 6) is 0.683. The molecule has 0 unspecified atom stereocenters. The van der Waals surface area contributed by atoms with E-state index >= 15 is 0 Å². The van der Waals surface area contributed by atoms with Gasteiger partial charge in [-0.05, 0) is 63.0 Å². The predicted molar refractivity (Wildman–Crippen MR) is 123 cm³/mol. The number of hydrogen-bond donors (Lipinski definition) is 0. The fourth-order valence-electron chi connectivity index (χ4n) is 3.33. The SMILES string of the molecule is COc1ccc(N(CCCN(C)C)S(=O)(=O)c2ccccc2)c(-c2ccccc2)c1. The van der Waals surface area contributed by atoms with E-state index < -0.39 is 10.0 Å². The van der Waals surface area contributed by atoms with Crippen LogP contribution < -0.4 is 9.04 Å². The van der Waals surface area contributed by atoms with Gasteiger partial charge < -0.3 is 9.64 Å². The van der Waals surface area contributed by atoms with E-state index in [-0.39, 0.29) is 4.90 Å². The van der Waals surface area contributed by atoms with Crippen LogP contribution in [-0.2, 0) is 10.0 Å². The van der Waals surface area contributed by atoms with Crippen LogP contribution in [0.15, 0.2) is 83.8 Å². The Bertz CT molecular complexity index is 1050. The van der Waals surface area contributed by atoms with Gasteiger partial charge in [0.25, 0.3) is 10.0 Å². The highest BCUT2D eigenvalue weighted by Crippen LogP contribution is 2.37. The lowest BCUT2D eigenvalue weighted by molar-refractivity contribution is 0.403. The van der Waals surface area contributed by atoms with Gasteiger partial charge in [-0.2, -0.15) is 0 Å². The maximum Gasteiger partial charge on any atom is 0.264 e. The van der Waals surface area contributed by atoms with Gasteiger partial charge in [0.2, 0.25) is 0 Å². The Kier molecular flexibility index (Phi) is 7.13. The van der Waals surface area contributed by atoms with E-state index in [0.717, 1.165) is 17.7 Å². The van der Waals surface area contributed by atoms with Gasteiger partial charge in [-0.25, -0.2) is 8.42 Å². The molecule has 3 aromatic carbocycles. The van der Waals surface area contributed by atoms with Crippen LogP contribution >= 0.6 is 0 Å². The largest absolute Gasteiger partial charge is 0.497 e. The maximum absolute atomic E-state index is 13.6. The molecule has 6 heteroatoms. The molecule has 0 aliphatic carbocycles. The first-order chi connectivity index (χ1) is 14.4. The van der Waals surface area contributed by atoms with E-state index in [1.165, 1.54) is 4.31 Å². The van der Waals surface area contributed by atoms with Gasteiger partial charge >= 0.3 is 0 Å². The van der Waals surface area contributed by atoms with Crippen LogP contribution in [0.5, 0.6) is 5.75 Å². The molecule has 3 rings (SSSR count). The second-order valence-corrected chi connectivity index (χ2v) is 9.16. The van der Waals surface area contributed by atoms with Gasteiger partial charge in [0.1, 0.15) is 5.75 Å². The number of anilines is 1. The second kappa shape index (κ2) is 9.78. The van der Waals surface area contributed by atoms with Crippen molar-refractivity contribution in [1.82, 2.24) is 4.90 Å². The van der Waals surface area contributed by atoms with Crippen molar-refractivity contribution in [3.05, 3.63) is 78.9 Å². The van der Waals surface area contributed by atoms with Crippen LogP contribution in [0.3, 0.4) is 0 Å². The van der Waals surface area contributed by atoms with Crippen LogP contribution in [0.4, 0.5) is 5.69 Å². The van der Waals surface area contributed by atoms with Gasteiger partial charge in [-0.3, -0.25) is 4.31 Å². The zero-order chi connectivity index (χ0) is 21.6. The number of sulfonamides is 1. The summed E-state index contributed by atoms with van der Waals surface area (Å²) in [6, 6.07) is 23.9. The number of rotatable bonds is 9. The Morgan fingerprint density at radius 2 is 1.47 bits per heavy atom. The van der Waals surface area contributed by atoms with Crippen LogP contribution in [-0.4, -0.2) is 47.6 Å². The zero-order valence-corrected chi connectivity index (χ0v) is 18.5. The lowest BCUT2D eigenvalue weighted by atomic mass is 10.0. The Labute approximate surface area is 179 Å². The van der Waals surface area contributed by atoms with Crippen LogP contribution in [0.1, 0.15) is 6.42 Å². The molecule has 0 spiro atoms. The Balaban J connectivity index is 2.14. The molecule has 0 fully saturated rings. The summed E-state index contributed by atoms with van der Waals surface area (Å²) in [7, 11) is 1.85. The summed E-state index contributed by atoms with van der Waals surface area (Å²) in [5.41, 5.74) is 2.40. The quantitative estimate of drug-likeness (QED) is 0.507. The fourth-order valence-corrected chi connectivity index (χ4v) is 4.87. The third-order valence-electron chi connectivity index (χ3n) is 4.85. The third-order valence-corrected chi connectivity index (χ3v) is 6.68. The highest BCUT2D eigenvalue weighted by Gasteiger charge is 2.27. The summed E-state index contributed by atoms with van der Waals surface area (Å²) in [5, 5.41) is 0. The predicted octanol–water partition coefficient (Wildman–Crippen LogP) is 4.51. The molecule has 0 atom stereocenters. The first-order valence-corrected chi connectivity index (χ1v) is 11.3. The average molecular weight is 425 g/mol. The van der Waals surface area contributed by atoms with Crippen molar-refractivity contribution in [2.75, 3.05) is 38.6 Å². The number of nitrogens with zero attached hydrogens (tertiary/aromatic N) is 2. The van der Waals surface area contributed by atoms with Crippen molar-refractivity contribution < 1.29 is 13.2 Å². The summed E-state index contributed by atoms with van der Waals surface area (Å²) >= 11 is 0. The summed E-state index contributed by atoms with van der Waals surface area (Å²) in [4.78, 5) is 2.34. The van der Waals surface area contributed by atoms with E-state index in [2.05, 4.69) is 4.90 Å². The van der Waals surface area contributed by atoms with Crippen molar-refractivity contribution in [1.29, 1.82) is 0 Å². The molecule has 158 valence electrons. The van der Waals surface area contributed by atoms with E-state index in [1.54, 1.807) is 37.4 Å². The first-order valence-electron chi connectivity index (χ1n) is 9.89. The average Bonchev–Trinajstić information content (AvgIpc) is 2.77. The minimum atomic E-state index is -3.73. The van der Waals surface area contributed by atoms with Crippen molar-refractivity contribution in [3.8, 4) is 16.9 Å². The van der Waals surface area contributed by atoms with Gasteiger partial charge in [-0.15, -0.1) is 0 Å². The molecular formula is C24H28N2O3S. The zero-order valence-electron chi connectivity index (χ0n) is 17.7. The fraction of sp³-hybridized carbons (Fsp3) is 0.250. The van der Waals surface area contributed by atoms with E-state index in [1.807, 2.05) is 62.6 Å². The lowest BCUT2D eigenvalue weighted by Gasteiger charge is -2.28. The molecule has 5 nitrogen and oxygen atoms in total. The lowest BCUT2D eigenvalue weighted by Crippen LogP contribution is -2.34. The smallest absolute Gasteiger partial charge is 0.264 e. The van der Waals surface area contributed by atoms with E-state index in [0.29, 0.717) is 24.4 Å².